The number of ether oxygens (including phenoxy) is 1. The molecular formula is C14H15BrFN3O. The molecule has 0 saturated carbocycles. The molecule has 20 heavy (non-hydrogen) atoms. The number of nitrogens with two attached hydrogens (primary N) is 1. The quantitative estimate of drug-likeness (QED) is 0.649. The number of pyridine rings is 1. The zero-order valence-corrected chi connectivity index (χ0v) is 12.5. The lowest BCUT2D eigenvalue weighted by Gasteiger charge is -2.16. The van der Waals surface area contributed by atoms with Crippen molar-refractivity contribution in [2.45, 2.75) is 12.5 Å². The van der Waals surface area contributed by atoms with E-state index in [-0.39, 0.29) is 11.9 Å². The molecule has 1 aromatic heterocycles. The Bertz CT molecular complexity index is 594. The summed E-state index contributed by atoms with van der Waals surface area (Å²) in [5.74, 6) is 5.95. The van der Waals surface area contributed by atoms with Crippen LogP contribution in [0.25, 0.3) is 0 Å². The van der Waals surface area contributed by atoms with Crippen LogP contribution in [0.5, 0.6) is 5.75 Å². The molecule has 3 N–H and O–H groups in total. The van der Waals surface area contributed by atoms with Crippen molar-refractivity contribution in [2.24, 2.45) is 5.84 Å². The van der Waals surface area contributed by atoms with Crippen LogP contribution in [0, 0.1) is 5.82 Å². The first-order valence-corrected chi connectivity index (χ1v) is 6.82. The van der Waals surface area contributed by atoms with Crippen molar-refractivity contribution < 1.29 is 9.13 Å². The minimum atomic E-state index is -0.376. The maximum Gasteiger partial charge on any atom is 0.141 e. The molecule has 1 heterocycles. The van der Waals surface area contributed by atoms with E-state index >= 15 is 0 Å². The largest absolute Gasteiger partial charge is 0.496 e. The number of aromatic nitrogens is 1. The number of hydrogen-bond acceptors (Lipinski definition) is 4. The molecular weight excluding hydrogens is 325 g/mol. The molecule has 0 fully saturated rings. The van der Waals surface area contributed by atoms with E-state index in [0.29, 0.717) is 12.0 Å². The zero-order valence-electron chi connectivity index (χ0n) is 10.9. The van der Waals surface area contributed by atoms with E-state index in [1.54, 1.807) is 13.3 Å². The van der Waals surface area contributed by atoms with Gasteiger partial charge in [0.2, 0.25) is 0 Å². The summed E-state index contributed by atoms with van der Waals surface area (Å²) in [6, 6.07) is 6.99. The molecule has 1 aromatic carbocycles. The Labute approximate surface area is 125 Å². The average Bonchev–Trinajstić information content (AvgIpc) is 2.45. The third-order valence-corrected chi connectivity index (χ3v) is 3.61. The molecule has 0 saturated heterocycles. The van der Waals surface area contributed by atoms with Gasteiger partial charge in [-0.05, 0) is 51.7 Å². The number of rotatable bonds is 5. The second-order valence-corrected chi connectivity index (χ2v) is 5.18. The van der Waals surface area contributed by atoms with Crippen LogP contribution in [-0.2, 0) is 6.42 Å². The van der Waals surface area contributed by atoms with Crippen molar-refractivity contribution in [3.8, 4) is 5.75 Å². The van der Waals surface area contributed by atoms with Crippen LogP contribution in [0.1, 0.15) is 17.2 Å². The number of hydrazine groups is 1. The smallest absolute Gasteiger partial charge is 0.141 e. The third-order valence-electron chi connectivity index (χ3n) is 2.99. The summed E-state index contributed by atoms with van der Waals surface area (Å²) in [4.78, 5) is 3.84. The van der Waals surface area contributed by atoms with Gasteiger partial charge in [0.05, 0.1) is 23.8 Å². The Hall–Kier alpha value is -1.50. The Morgan fingerprint density at radius 3 is 2.80 bits per heavy atom. The number of benzene rings is 1. The molecule has 0 aliphatic heterocycles. The SMILES string of the molecule is COc1ccc(CC(NN)c2cncc(F)c2)cc1Br. The average molecular weight is 340 g/mol. The van der Waals surface area contributed by atoms with Gasteiger partial charge < -0.3 is 4.74 Å². The van der Waals surface area contributed by atoms with Crippen LogP contribution in [0.4, 0.5) is 4.39 Å². The maximum absolute atomic E-state index is 13.2. The monoisotopic (exact) mass is 339 g/mol. The predicted octanol–water partition coefficient (Wildman–Crippen LogP) is 2.74. The molecule has 0 aliphatic rings. The van der Waals surface area contributed by atoms with Crippen molar-refractivity contribution in [3.63, 3.8) is 0 Å². The van der Waals surface area contributed by atoms with E-state index in [1.165, 1.54) is 12.3 Å². The number of hydrogen-bond donors (Lipinski definition) is 2. The highest BCUT2D eigenvalue weighted by Gasteiger charge is 2.13. The topological polar surface area (TPSA) is 60.2 Å². The van der Waals surface area contributed by atoms with Crippen LogP contribution in [0.2, 0.25) is 0 Å². The van der Waals surface area contributed by atoms with Gasteiger partial charge in [-0.1, -0.05) is 6.07 Å². The van der Waals surface area contributed by atoms with Gasteiger partial charge in [0.1, 0.15) is 11.6 Å². The fourth-order valence-electron chi connectivity index (χ4n) is 1.96. The van der Waals surface area contributed by atoms with Gasteiger partial charge in [0.25, 0.3) is 0 Å². The maximum atomic E-state index is 13.2. The highest BCUT2D eigenvalue weighted by molar-refractivity contribution is 9.10. The van der Waals surface area contributed by atoms with Crippen molar-refractivity contribution in [3.05, 3.63) is 58.1 Å². The highest BCUT2D eigenvalue weighted by Crippen LogP contribution is 2.27. The van der Waals surface area contributed by atoms with Crippen LogP contribution in [0.3, 0.4) is 0 Å². The molecule has 0 aliphatic carbocycles. The summed E-state index contributed by atoms with van der Waals surface area (Å²) in [7, 11) is 1.61. The fraction of sp³-hybridized carbons (Fsp3) is 0.214. The molecule has 0 amide bonds. The fourth-order valence-corrected chi connectivity index (χ4v) is 2.55. The highest BCUT2D eigenvalue weighted by atomic mass is 79.9. The molecule has 1 atom stereocenters. The Kier molecular flexibility index (Phi) is 5.05. The summed E-state index contributed by atoms with van der Waals surface area (Å²) in [5.41, 5.74) is 4.44. The second-order valence-electron chi connectivity index (χ2n) is 4.33. The van der Waals surface area contributed by atoms with Gasteiger partial charge >= 0.3 is 0 Å². The van der Waals surface area contributed by atoms with E-state index < -0.39 is 0 Å². The molecule has 0 bridgehead atoms. The minimum absolute atomic E-state index is 0.210. The summed E-state index contributed by atoms with van der Waals surface area (Å²) in [5, 5.41) is 0. The van der Waals surface area contributed by atoms with E-state index in [1.807, 2.05) is 18.2 Å². The Balaban J connectivity index is 2.20. The molecule has 2 aromatic rings. The predicted molar refractivity (Wildman–Crippen MR) is 78.7 cm³/mol. The van der Waals surface area contributed by atoms with Gasteiger partial charge in [0, 0.05) is 6.20 Å². The Morgan fingerprint density at radius 2 is 2.20 bits per heavy atom. The third kappa shape index (κ3) is 3.53. The molecule has 6 heteroatoms. The lowest BCUT2D eigenvalue weighted by Crippen LogP contribution is -2.29. The van der Waals surface area contributed by atoms with E-state index in [4.69, 9.17) is 10.6 Å². The second kappa shape index (κ2) is 6.78. The lowest BCUT2D eigenvalue weighted by molar-refractivity contribution is 0.412. The number of nitrogens with zero attached hydrogens (tertiary/aromatic N) is 1. The van der Waals surface area contributed by atoms with Crippen molar-refractivity contribution in [1.29, 1.82) is 0 Å². The van der Waals surface area contributed by atoms with Crippen molar-refractivity contribution in [1.82, 2.24) is 10.4 Å². The summed E-state index contributed by atoms with van der Waals surface area (Å²) in [6.45, 7) is 0. The van der Waals surface area contributed by atoms with Crippen molar-refractivity contribution in [2.75, 3.05) is 7.11 Å². The standard InChI is InChI=1S/C14H15BrFN3O/c1-20-14-3-2-9(4-12(14)15)5-13(19-17)10-6-11(16)8-18-7-10/h2-4,6-8,13,19H,5,17H2,1H3. The van der Waals surface area contributed by atoms with Crippen LogP contribution in [-0.4, -0.2) is 12.1 Å². The molecule has 0 spiro atoms. The van der Waals surface area contributed by atoms with Gasteiger partial charge in [-0.25, -0.2) is 4.39 Å². The van der Waals surface area contributed by atoms with Gasteiger partial charge in [0.15, 0.2) is 0 Å². The molecule has 106 valence electrons. The van der Waals surface area contributed by atoms with E-state index in [0.717, 1.165) is 15.8 Å². The molecule has 2 rings (SSSR count). The summed E-state index contributed by atoms with van der Waals surface area (Å²) in [6.07, 6.45) is 3.39. The molecule has 0 radical (unpaired) electrons. The first kappa shape index (κ1) is 14.9. The van der Waals surface area contributed by atoms with E-state index in [2.05, 4.69) is 26.3 Å². The minimum Gasteiger partial charge on any atom is -0.496 e. The molecule has 4 nitrogen and oxygen atoms in total. The van der Waals surface area contributed by atoms with Gasteiger partial charge in [-0.3, -0.25) is 16.3 Å². The van der Waals surface area contributed by atoms with E-state index in [9.17, 15) is 4.39 Å². The number of halogens is 2. The van der Waals surface area contributed by atoms with Crippen LogP contribution < -0.4 is 16.0 Å². The first-order chi connectivity index (χ1) is 9.63. The molecule has 1 unspecified atom stereocenters. The summed E-state index contributed by atoms with van der Waals surface area (Å²) >= 11 is 3.44. The normalized spacial score (nSPS) is 12.2. The van der Waals surface area contributed by atoms with Gasteiger partial charge in [-0.15, -0.1) is 0 Å². The summed E-state index contributed by atoms with van der Waals surface area (Å²) < 4.78 is 19.3. The van der Waals surface area contributed by atoms with Crippen molar-refractivity contribution >= 4 is 15.9 Å². The number of methoxy groups -OCH3 is 1. The Morgan fingerprint density at radius 1 is 1.40 bits per heavy atom. The van der Waals surface area contributed by atoms with Crippen LogP contribution >= 0.6 is 15.9 Å². The number of nitrogens with one attached hydrogen (secondary N) is 1. The zero-order chi connectivity index (χ0) is 14.5. The van der Waals surface area contributed by atoms with Crippen LogP contribution in [0.15, 0.2) is 41.1 Å². The first-order valence-electron chi connectivity index (χ1n) is 6.03. The lowest BCUT2D eigenvalue weighted by atomic mass is 10.0. The van der Waals surface area contributed by atoms with Gasteiger partial charge in [-0.2, -0.15) is 0 Å².